The number of carbonyl (C=O) groups excluding carboxylic acids is 1. The van der Waals surface area contributed by atoms with Gasteiger partial charge in [0.05, 0.1) is 5.69 Å². The van der Waals surface area contributed by atoms with Crippen LogP contribution in [0.2, 0.25) is 0 Å². The van der Waals surface area contributed by atoms with Gasteiger partial charge in [0.25, 0.3) is 0 Å². The number of allylic oxidation sites excluding steroid dienone is 1. The van der Waals surface area contributed by atoms with Crippen LogP contribution in [0.15, 0.2) is 85.6 Å². The Morgan fingerprint density at radius 3 is 2.54 bits per heavy atom. The van der Waals surface area contributed by atoms with Crippen molar-refractivity contribution < 1.29 is 13.6 Å². The SMILES string of the molecule is C=CC(=O)Cc1cc(F)cc(-c2nc(Nc3cccc(N4CCCCC4)c3)ncc2Cc2cccc(F)c2)c1. The molecule has 4 aromatic rings. The van der Waals surface area contributed by atoms with Crippen LogP contribution in [-0.4, -0.2) is 28.8 Å². The van der Waals surface area contributed by atoms with Crippen molar-refractivity contribution in [2.45, 2.75) is 32.1 Å². The molecule has 5 nitrogen and oxygen atoms in total. The Bertz CT molecular complexity index is 1500. The second-order valence-corrected chi connectivity index (χ2v) is 9.79. The Hall–Kier alpha value is -4.39. The van der Waals surface area contributed by atoms with Gasteiger partial charge in [-0.3, -0.25) is 4.79 Å². The van der Waals surface area contributed by atoms with E-state index in [1.54, 1.807) is 18.3 Å². The van der Waals surface area contributed by atoms with Crippen molar-refractivity contribution in [2.75, 3.05) is 23.3 Å². The third-order valence-corrected chi connectivity index (χ3v) is 6.81. The molecule has 0 spiro atoms. The van der Waals surface area contributed by atoms with E-state index in [0.29, 0.717) is 34.8 Å². The molecule has 5 rings (SSSR count). The summed E-state index contributed by atoms with van der Waals surface area (Å²) in [5, 5.41) is 3.29. The normalized spacial score (nSPS) is 13.2. The molecule has 0 saturated carbocycles. The number of aromatic nitrogens is 2. The first kappa shape index (κ1) is 26.2. The zero-order valence-corrected chi connectivity index (χ0v) is 21.7. The van der Waals surface area contributed by atoms with Gasteiger partial charge in [-0.15, -0.1) is 0 Å². The smallest absolute Gasteiger partial charge is 0.227 e. The van der Waals surface area contributed by atoms with E-state index in [1.807, 2.05) is 18.2 Å². The summed E-state index contributed by atoms with van der Waals surface area (Å²) in [7, 11) is 0. The highest BCUT2D eigenvalue weighted by Gasteiger charge is 2.15. The number of anilines is 3. The summed E-state index contributed by atoms with van der Waals surface area (Å²) < 4.78 is 28.6. The van der Waals surface area contributed by atoms with Crippen molar-refractivity contribution in [1.29, 1.82) is 0 Å². The number of hydrogen-bond donors (Lipinski definition) is 1. The van der Waals surface area contributed by atoms with Crippen LogP contribution in [0.25, 0.3) is 11.3 Å². The fraction of sp³-hybridized carbons (Fsp3) is 0.219. The van der Waals surface area contributed by atoms with E-state index < -0.39 is 5.82 Å². The summed E-state index contributed by atoms with van der Waals surface area (Å²) in [6.07, 6.45) is 6.93. The molecule has 1 fully saturated rings. The lowest BCUT2D eigenvalue weighted by molar-refractivity contribution is -0.114. The molecular weight excluding hydrogens is 494 g/mol. The number of benzene rings is 3. The topological polar surface area (TPSA) is 58.1 Å². The van der Waals surface area contributed by atoms with Crippen molar-refractivity contribution in [1.82, 2.24) is 9.97 Å². The summed E-state index contributed by atoms with van der Waals surface area (Å²) in [6.45, 7) is 5.58. The van der Waals surface area contributed by atoms with E-state index in [0.717, 1.165) is 30.0 Å². The van der Waals surface area contributed by atoms with Gasteiger partial charge in [-0.1, -0.05) is 24.8 Å². The first-order chi connectivity index (χ1) is 19.0. The van der Waals surface area contributed by atoms with Gasteiger partial charge in [0, 0.05) is 54.6 Å². The fourth-order valence-electron chi connectivity index (χ4n) is 4.94. The van der Waals surface area contributed by atoms with E-state index in [1.165, 1.54) is 49.6 Å². The first-order valence-corrected chi connectivity index (χ1v) is 13.1. The van der Waals surface area contributed by atoms with Crippen molar-refractivity contribution in [3.05, 3.63) is 114 Å². The predicted molar refractivity (Wildman–Crippen MR) is 151 cm³/mol. The van der Waals surface area contributed by atoms with Gasteiger partial charge in [-0.25, -0.2) is 18.7 Å². The quantitative estimate of drug-likeness (QED) is 0.238. The Balaban J connectivity index is 1.51. The first-order valence-electron chi connectivity index (χ1n) is 13.1. The maximum absolute atomic E-state index is 14.7. The van der Waals surface area contributed by atoms with Gasteiger partial charge in [0.15, 0.2) is 5.78 Å². The van der Waals surface area contributed by atoms with Crippen molar-refractivity contribution in [3.63, 3.8) is 0 Å². The maximum atomic E-state index is 14.7. The van der Waals surface area contributed by atoms with Crippen LogP contribution < -0.4 is 10.2 Å². The molecule has 0 atom stereocenters. The van der Waals surface area contributed by atoms with Crippen LogP contribution in [0.5, 0.6) is 0 Å². The van der Waals surface area contributed by atoms with E-state index >= 15 is 0 Å². The lowest BCUT2D eigenvalue weighted by atomic mass is 9.98. The highest BCUT2D eigenvalue weighted by molar-refractivity contribution is 5.91. The summed E-state index contributed by atoms with van der Waals surface area (Å²) in [5.74, 6) is -0.654. The average molecular weight is 525 g/mol. The Morgan fingerprint density at radius 1 is 0.949 bits per heavy atom. The monoisotopic (exact) mass is 524 g/mol. The minimum Gasteiger partial charge on any atom is -0.371 e. The molecule has 1 N–H and O–H groups in total. The molecule has 1 saturated heterocycles. The van der Waals surface area contributed by atoms with E-state index in [9.17, 15) is 13.6 Å². The number of nitrogens with one attached hydrogen (secondary N) is 1. The third kappa shape index (κ3) is 6.74. The van der Waals surface area contributed by atoms with Crippen molar-refractivity contribution in [2.24, 2.45) is 0 Å². The molecule has 1 aliphatic heterocycles. The highest BCUT2D eigenvalue weighted by Crippen LogP contribution is 2.29. The fourth-order valence-corrected chi connectivity index (χ4v) is 4.94. The molecule has 39 heavy (non-hydrogen) atoms. The molecule has 0 aliphatic carbocycles. The van der Waals surface area contributed by atoms with Gasteiger partial charge in [0.1, 0.15) is 11.6 Å². The lowest BCUT2D eigenvalue weighted by Crippen LogP contribution is -2.29. The Morgan fingerprint density at radius 2 is 1.74 bits per heavy atom. The van der Waals surface area contributed by atoms with Crippen LogP contribution in [0.1, 0.15) is 36.0 Å². The molecule has 1 aromatic heterocycles. The maximum Gasteiger partial charge on any atom is 0.227 e. The van der Waals surface area contributed by atoms with E-state index in [4.69, 9.17) is 4.98 Å². The van der Waals surface area contributed by atoms with E-state index in [-0.39, 0.29) is 18.0 Å². The molecule has 0 radical (unpaired) electrons. The molecule has 0 unspecified atom stereocenters. The largest absolute Gasteiger partial charge is 0.371 e. The number of nitrogens with zero attached hydrogens (tertiary/aromatic N) is 3. The van der Waals surface area contributed by atoms with Crippen LogP contribution in [0, 0.1) is 11.6 Å². The van der Waals surface area contributed by atoms with Crippen LogP contribution in [-0.2, 0) is 17.6 Å². The number of halogens is 2. The summed E-state index contributed by atoms with van der Waals surface area (Å²) in [5.41, 5.74) is 4.99. The zero-order chi connectivity index (χ0) is 27.2. The summed E-state index contributed by atoms with van der Waals surface area (Å²) in [6, 6.07) is 18.9. The number of ketones is 1. The minimum absolute atomic E-state index is 0.0347. The second kappa shape index (κ2) is 12.0. The third-order valence-electron chi connectivity index (χ3n) is 6.81. The molecular formula is C32H30F2N4O. The lowest BCUT2D eigenvalue weighted by Gasteiger charge is -2.29. The predicted octanol–water partition coefficient (Wildman–Crippen LogP) is 7.04. The standard InChI is InChI=1S/C32H30F2N4O/c1-2-30(39)18-23-15-24(19-27(34)17-23)31-25(14-22-8-6-9-26(33)16-22)21-35-32(37-31)36-28-10-7-11-29(20-28)38-12-4-3-5-13-38/h2,6-11,15-17,19-21H,1,3-5,12-14,18H2,(H,35,36,37). The number of rotatable bonds is 9. The number of hydrogen-bond acceptors (Lipinski definition) is 5. The minimum atomic E-state index is -0.474. The van der Waals surface area contributed by atoms with E-state index in [2.05, 4.69) is 33.9 Å². The molecule has 198 valence electrons. The van der Waals surface area contributed by atoms with Gasteiger partial charge in [0.2, 0.25) is 5.95 Å². The Labute approximate surface area is 227 Å². The van der Waals surface area contributed by atoms with Crippen molar-refractivity contribution in [3.8, 4) is 11.3 Å². The van der Waals surface area contributed by atoms with Gasteiger partial charge < -0.3 is 10.2 Å². The summed E-state index contributed by atoms with van der Waals surface area (Å²) >= 11 is 0. The average Bonchev–Trinajstić information content (AvgIpc) is 2.94. The number of piperidine rings is 1. The van der Waals surface area contributed by atoms with Gasteiger partial charge in [-0.2, -0.15) is 0 Å². The van der Waals surface area contributed by atoms with Gasteiger partial charge in [-0.05, 0) is 85.0 Å². The summed E-state index contributed by atoms with van der Waals surface area (Å²) in [4.78, 5) is 23.7. The molecule has 7 heteroatoms. The molecule has 2 heterocycles. The van der Waals surface area contributed by atoms with Crippen LogP contribution >= 0.6 is 0 Å². The number of carbonyl (C=O) groups is 1. The Kier molecular flexibility index (Phi) is 8.06. The highest BCUT2D eigenvalue weighted by atomic mass is 19.1. The van der Waals surface area contributed by atoms with Crippen LogP contribution in [0.4, 0.5) is 26.1 Å². The van der Waals surface area contributed by atoms with Gasteiger partial charge >= 0.3 is 0 Å². The van der Waals surface area contributed by atoms with Crippen LogP contribution in [0.3, 0.4) is 0 Å². The van der Waals surface area contributed by atoms with Crippen molar-refractivity contribution >= 4 is 23.1 Å². The molecule has 1 aliphatic rings. The second-order valence-electron chi connectivity index (χ2n) is 9.79. The molecule has 3 aromatic carbocycles. The zero-order valence-electron chi connectivity index (χ0n) is 21.7. The molecule has 0 bridgehead atoms. The molecule has 0 amide bonds.